The van der Waals surface area contributed by atoms with E-state index in [1.807, 2.05) is 0 Å². The molecule has 0 aromatic rings. The van der Waals surface area contributed by atoms with Crippen LogP contribution in [0.3, 0.4) is 0 Å². The SMILES string of the molecule is NCCCC[C@@H](C(=O)O)N(Br)Br. The van der Waals surface area contributed by atoms with Gasteiger partial charge in [0, 0.05) is 32.3 Å². The van der Waals surface area contributed by atoms with Crippen LogP contribution >= 0.6 is 32.3 Å². The second-order valence-corrected chi connectivity index (χ2v) is 4.88. The molecule has 0 fully saturated rings. The molecule has 72 valence electrons. The number of carbonyl (C=O) groups is 1. The van der Waals surface area contributed by atoms with E-state index in [0.29, 0.717) is 13.0 Å². The van der Waals surface area contributed by atoms with E-state index in [0.717, 1.165) is 12.8 Å². The molecule has 12 heavy (non-hydrogen) atoms. The monoisotopic (exact) mass is 302 g/mol. The zero-order valence-electron chi connectivity index (χ0n) is 6.54. The van der Waals surface area contributed by atoms with Crippen molar-refractivity contribution >= 4 is 38.3 Å². The largest absolute Gasteiger partial charge is 0.480 e. The molecule has 6 heteroatoms. The molecule has 0 radical (unpaired) electrons. The summed E-state index contributed by atoms with van der Waals surface area (Å²) in [6.07, 6.45) is 2.27. The van der Waals surface area contributed by atoms with Gasteiger partial charge in [-0.05, 0) is 25.8 Å². The Morgan fingerprint density at radius 3 is 2.42 bits per heavy atom. The van der Waals surface area contributed by atoms with E-state index in [-0.39, 0.29) is 0 Å². The van der Waals surface area contributed by atoms with Crippen LogP contribution in [0.5, 0.6) is 0 Å². The number of hydrogen-bond acceptors (Lipinski definition) is 3. The minimum atomic E-state index is -0.847. The van der Waals surface area contributed by atoms with Crippen LogP contribution in [0.1, 0.15) is 19.3 Å². The van der Waals surface area contributed by atoms with E-state index in [4.69, 9.17) is 10.8 Å². The van der Waals surface area contributed by atoms with Gasteiger partial charge < -0.3 is 10.8 Å². The highest BCUT2D eigenvalue weighted by Crippen LogP contribution is 2.17. The van der Waals surface area contributed by atoms with Gasteiger partial charge >= 0.3 is 5.97 Å². The number of halogens is 2. The predicted molar refractivity (Wildman–Crippen MR) is 54.0 cm³/mol. The Hall–Kier alpha value is 0.350. The molecule has 3 N–H and O–H groups in total. The molecule has 0 aliphatic rings. The number of rotatable bonds is 6. The highest BCUT2D eigenvalue weighted by atomic mass is 79.9. The summed E-state index contributed by atoms with van der Waals surface area (Å²) < 4.78 is 1.35. The van der Waals surface area contributed by atoms with Crippen molar-refractivity contribution in [3.63, 3.8) is 0 Å². The molecule has 0 aromatic carbocycles. The van der Waals surface area contributed by atoms with Gasteiger partial charge in [0.25, 0.3) is 0 Å². The van der Waals surface area contributed by atoms with Gasteiger partial charge in [-0.15, -0.1) is 0 Å². The summed E-state index contributed by atoms with van der Waals surface area (Å²) in [4.78, 5) is 10.6. The molecule has 0 bridgehead atoms. The Balaban J connectivity index is 3.72. The van der Waals surface area contributed by atoms with Crippen LogP contribution < -0.4 is 5.73 Å². The van der Waals surface area contributed by atoms with Gasteiger partial charge in [-0.25, -0.2) is 0 Å². The first-order valence-electron chi connectivity index (χ1n) is 3.63. The fourth-order valence-electron chi connectivity index (χ4n) is 0.787. The van der Waals surface area contributed by atoms with Gasteiger partial charge in [-0.1, -0.05) is 0 Å². The highest BCUT2D eigenvalue weighted by Gasteiger charge is 2.21. The van der Waals surface area contributed by atoms with Gasteiger partial charge in [0.1, 0.15) is 6.04 Å². The maximum absolute atomic E-state index is 10.6. The van der Waals surface area contributed by atoms with Crippen LogP contribution in [-0.4, -0.2) is 26.6 Å². The summed E-state index contributed by atoms with van der Waals surface area (Å²) in [5.41, 5.74) is 5.28. The molecule has 0 aromatic heterocycles. The first-order chi connectivity index (χ1) is 5.59. The topological polar surface area (TPSA) is 66.6 Å². The number of nitrogens with two attached hydrogens (primary N) is 1. The molecule has 0 unspecified atom stereocenters. The van der Waals surface area contributed by atoms with Gasteiger partial charge in [-0.3, -0.25) is 4.79 Å². The minimum Gasteiger partial charge on any atom is -0.480 e. The van der Waals surface area contributed by atoms with E-state index in [1.165, 1.54) is 2.95 Å². The average Bonchev–Trinajstić information content (AvgIpc) is 1.96. The number of carboxylic acids is 1. The molecule has 0 heterocycles. The first-order valence-corrected chi connectivity index (χ1v) is 5.05. The van der Waals surface area contributed by atoms with Crippen molar-refractivity contribution in [2.75, 3.05) is 6.54 Å². The smallest absolute Gasteiger partial charge is 0.322 e. The van der Waals surface area contributed by atoms with Crippen LogP contribution in [0.25, 0.3) is 0 Å². The number of aliphatic carboxylic acids is 1. The first kappa shape index (κ1) is 12.3. The van der Waals surface area contributed by atoms with Crippen molar-refractivity contribution in [2.45, 2.75) is 25.3 Å². The van der Waals surface area contributed by atoms with Crippen LogP contribution in [0, 0.1) is 0 Å². The lowest BCUT2D eigenvalue weighted by molar-refractivity contribution is -0.140. The predicted octanol–water partition coefficient (Wildman–Crippen LogP) is 1.49. The fraction of sp³-hybridized carbons (Fsp3) is 0.833. The quantitative estimate of drug-likeness (QED) is 0.576. The van der Waals surface area contributed by atoms with E-state index < -0.39 is 12.0 Å². The van der Waals surface area contributed by atoms with Gasteiger partial charge in [0.05, 0.1) is 0 Å². The van der Waals surface area contributed by atoms with Crippen molar-refractivity contribution in [2.24, 2.45) is 5.73 Å². The summed E-state index contributed by atoms with van der Waals surface area (Å²) >= 11 is 6.06. The summed E-state index contributed by atoms with van der Waals surface area (Å²) in [5, 5.41) is 8.71. The van der Waals surface area contributed by atoms with E-state index in [2.05, 4.69) is 32.3 Å². The average molecular weight is 304 g/mol. The molecule has 0 rings (SSSR count). The van der Waals surface area contributed by atoms with Crippen LogP contribution in [0.15, 0.2) is 0 Å². The Morgan fingerprint density at radius 1 is 1.50 bits per heavy atom. The van der Waals surface area contributed by atoms with Gasteiger partial charge in [0.15, 0.2) is 0 Å². The molecule has 0 aliphatic carbocycles. The summed E-state index contributed by atoms with van der Waals surface area (Å²) in [5.74, 6) is -0.847. The lowest BCUT2D eigenvalue weighted by Crippen LogP contribution is -2.28. The molecule has 0 saturated carbocycles. The molecule has 0 spiro atoms. The van der Waals surface area contributed by atoms with Crippen LogP contribution in [-0.2, 0) is 4.79 Å². The summed E-state index contributed by atoms with van der Waals surface area (Å²) in [7, 11) is 0. The second kappa shape index (κ2) is 6.82. The van der Waals surface area contributed by atoms with Crippen molar-refractivity contribution in [3.05, 3.63) is 0 Å². The molecular weight excluding hydrogens is 292 g/mol. The van der Waals surface area contributed by atoms with E-state index in [9.17, 15) is 4.79 Å². The molecule has 0 amide bonds. The van der Waals surface area contributed by atoms with Crippen LogP contribution in [0.2, 0.25) is 0 Å². The third kappa shape index (κ3) is 5.08. The summed E-state index contributed by atoms with van der Waals surface area (Å²) in [6, 6.07) is -0.531. The molecule has 4 nitrogen and oxygen atoms in total. The molecule has 1 atom stereocenters. The summed E-state index contributed by atoms with van der Waals surface area (Å²) in [6.45, 7) is 0.608. The maximum atomic E-state index is 10.6. The number of unbranched alkanes of at least 4 members (excludes halogenated alkanes) is 1. The molecular formula is C6H12Br2N2O2. The normalized spacial score (nSPS) is 13.3. The lowest BCUT2D eigenvalue weighted by atomic mass is 10.1. The number of hydrogen-bond donors (Lipinski definition) is 2. The third-order valence-electron chi connectivity index (χ3n) is 1.45. The lowest BCUT2D eigenvalue weighted by Gasteiger charge is -2.14. The zero-order chi connectivity index (χ0) is 9.56. The Morgan fingerprint density at radius 2 is 2.08 bits per heavy atom. The molecule has 0 saturated heterocycles. The van der Waals surface area contributed by atoms with Crippen molar-refractivity contribution < 1.29 is 9.90 Å². The second-order valence-electron chi connectivity index (χ2n) is 2.40. The number of nitrogens with zero attached hydrogens (tertiary/aromatic N) is 1. The standard InChI is InChI=1S/C6H12Br2N2O2/c7-10(8)5(6(11)12)3-1-2-4-9/h5H,1-4,9H2,(H,11,12)/t5-/m0/s1. The highest BCUT2D eigenvalue weighted by molar-refractivity contribution is 9.21. The van der Waals surface area contributed by atoms with Crippen molar-refractivity contribution in [1.82, 2.24) is 2.95 Å². The van der Waals surface area contributed by atoms with Gasteiger partial charge in [0.2, 0.25) is 0 Å². The minimum absolute atomic E-state index is 0.531. The van der Waals surface area contributed by atoms with Crippen LogP contribution in [0.4, 0.5) is 0 Å². The van der Waals surface area contributed by atoms with Gasteiger partial charge in [-0.2, -0.15) is 2.95 Å². The third-order valence-corrected chi connectivity index (χ3v) is 2.44. The van der Waals surface area contributed by atoms with E-state index >= 15 is 0 Å². The van der Waals surface area contributed by atoms with Crippen molar-refractivity contribution in [1.29, 1.82) is 0 Å². The van der Waals surface area contributed by atoms with E-state index in [1.54, 1.807) is 0 Å². The zero-order valence-corrected chi connectivity index (χ0v) is 9.71. The fourth-order valence-corrected chi connectivity index (χ4v) is 1.55. The maximum Gasteiger partial charge on any atom is 0.322 e. The Labute approximate surface area is 88.8 Å². The Kier molecular flexibility index (Phi) is 7.02. The van der Waals surface area contributed by atoms with Crippen molar-refractivity contribution in [3.8, 4) is 0 Å². The number of carboxylic acid groups (broad SMARTS) is 1. The molecule has 0 aliphatic heterocycles. The Bertz CT molecular complexity index is 144.